The van der Waals surface area contributed by atoms with E-state index in [1.54, 1.807) is 49.0 Å². The number of likely N-dealkylation sites (tertiary alicyclic amines) is 2. The fourth-order valence-corrected chi connectivity index (χ4v) is 12.6. The maximum absolute atomic E-state index is 14.8. The van der Waals surface area contributed by atoms with E-state index in [1.165, 1.54) is 54.9 Å². The predicted octanol–water partition coefficient (Wildman–Crippen LogP) is -3.87. The number of carboxylic acids is 1. The number of guanidine groups is 1. The summed E-state index contributed by atoms with van der Waals surface area (Å²) in [5.41, 5.74) is 18.3. The first-order chi connectivity index (χ1) is 50.6. The van der Waals surface area contributed by atoms with Gasteiger partial charge >= 0.3 is 12.0 Å². The molecule has 3 aromatic heterocycles. The van der Waals surface area contributed by atoms with Gasteiger partial charge in [-0.2, -0.15) is 11.8 Å². The zero-order chi connectivity index (χ0) is 77.1. The Labute approximate surface area is 612 Å². The Hall–Kier alpha value is -11.8. The summed E-state index contributed by atoms with van der Waals surface area (Å²) in [5.74, 6) is -11.5. The number of nitrogens with one attached hydrogen (secondary N) is 17. The van der Waals surface area contributed by atoms with Crippen LogP contribution in [0.25, 0.3) is 21.8 Å². The van der Waals surface area contributed by atoms with Crippen LogP contribution in [0.15, 0.2) is 73.4 Å². The number of thioether (sulfide) groups is 1. The van der Waals surface area contributed by atoms with Crippen molar-refractivity contribution in [1.29, 1.82) is 5.41 Å². The van der Waals surface area contributed by atoms with E-state index in [-0.39, 0.29) is 77.0 Å². The number of para-hydroxylation sites is 2. The summed E-state index contributed by atoms with van der Waals surface area (Å²) in [6, 6.07) is -0.101. The van der Waals surface area contributed by atoms with Gasteiger partial charge in [0, 0.05) is 92.6 Å². The van der Waals surface area contributed by atoms with Gasteiger partial charge in [0.05, 0.1) is 25.1 Å². The maximum atomic E-state index is 14.8. The lowest BCUT2D eigenvalue weighted by Gasteiger charge is -2.30. The van der Waals surface area contributed by atoms with Crippen molar-refractivity contribution in [3.05, 3.63) is 90.3 Å². The summed E-state index contributed by atoms with van der Waals surface area (Å²) in [5, 5.41) is 46.4. The van der Waals surface area contributed by atoms with E-state index in [4.69, 9.17) is 16.9 Å². The second-order valence-corrected chi connectivity index (χ2v) is 26.5. The van der Waals surface area contributed by atoms with Gasteiger partial charge < -0.3 is 99.8 Å². The number of primary amides is 1. The molecule has 22 N–H and O–H groups in total. The predicted molar refractivity (Wildman–Crippen MR) is 384 cm³/mol. The molecule has 0 spiro atoms. The molecule has 7 rings (SSSR count). The van der Waals surface area contributed by atoms with Gasteiger partial charge in [-0.15, -0.1) is 0 Å². The lowest BCUT2D eigenvalue weighted by Crippen LogP contribution is -2.60. The smallest absolute Gasteiger partial charge is 0.334 e. The average Bonchev–Trinajstić information content (AvgIpc) is 1.67. The van der Waals surface area contributed by atoms with E-state index in [1.807, 2.05) is 18.2 Å². The Bertz CT molecular complexity index is 4020. The number of H-pyrrole nitrogens is 3. The molecule has 106 heavy (non-hydrogen) atoms. The van der Waals surface area contributed by atoms with Crippen molar-refractivity contribution in [2.45, 2.75) is 158 Å². The van der Waals surface area contributed by atoms with E-state index in [0.717, 1.165) is 10.9 Å². The molecule has 2 aliphatic heterocycles. The van der Waals surface area contributed by atoms with Gasteiger partial charge in [-0.25, -0.2) is 15.2 Å². The molecular formula is C67H92N22O16S. The van der Waals surface area contributed by atoms with Crippen LogP contribution in [-0.4, -0.2) is 235 Å². The van der Waals surface area contributed by atoms with Gasteiger partial charge in [0.2, 0.25) is 70.9 Å². The fourth-order valence-electron chi connectivity index (χ4n) is 12.1. The summed E-state index contributed by atoms with van der Waals surface area (Å²) < 4.78 is 0. The summed E-state index contributed by atoms with van der Waals surface area (Å²) in [7, 11) is 0. The second-order valence-electron chi connectivity index (χ2n) is 25.5. The molecule has 5 aromatic rings. The summed E-state index contributed by atoms with van der Waals surface area (Å²) in [4.78, 5) is 218. The van der Waals surface area contributed by atoms with E-state index >= 15 is 0 Å². The number of hydrogen-bond acceptors (Lipinski definition) is 18. The van der Waals surface area contributed by atoms with Crippen LogP contribution >= 0.6 is 11.8 Å². The molecule has 2 aromatic carbocycles. The number of carbonyl (C=O) groups is 15. The third-order valence-electron chi connectivity index (χ3n) is 17.6. The standard InChI is InChI=1S/C67H92N22O16S/c1-35(57(96)81-45(56(68)95)16-9-22-72-66(69)70)78-58(97)46(19-20-55(93)94)82-60(99)49(27-39-30-75-44-15-8-6-13-42(39)44)84-63(102)51-17-10-23-88(51)64(103)36(2)79-67(105)87-86-61(100)47(21-25-106-4)83-62(101)52-18-11-24-89(52)65(104)50(28-40-31-71-34-77-40)85-59(98)48(26-38-29-74-43-14-7-5-12-41(38)43)80-54(92)33-76-53(91)32-73-37(3)90/h5-8,12-15,29-31,34-36,45-52,74-75H,9-11,16-28,32-33H2,1-4H3,(H2,68,95)(H,71,77)(H,73,90)(H,76,91)(H,78,97)(H,80,92)(H,81,96)(H,82,99)(H,83,101)(H,84,102)(H,85,98)(H,86,100)(H,93,94)(H4,69,70,72)(H2,79,87,105)/t35-,36+,45-,46+,47+,48+,49+,50+,51+,52+/m1/s1. The maximum Gasteiger partial charge on any atom is 0.334 e. The van der Waals surface area contributed by atoms with Crippen molar-refractivity contribution in [1.82, 2.24) is 99.1 Å². The number of hydrazine groups is 1. The van der Waals surface area contributed by atoms with Crippen molar-refractivity contribution in [3.63, 3.8) is 0 Å². The van der Waals surface area contributed by atoms with Gasteiger partial charge in [-0.05, 0) is 100 Å². The number of aliphatic carboxylic acids is 1. The molecule has 2 aliphatic rings. The first-order valence-corrected chi connectivity index (χ1v) is 35.8. The van der Waals surface area contributed by atoms with Crippen LogP contribution in [0.5, 0.6) is 0 Å². The largest absolute Gasteiger partial charge is 0.481 e. The first kappa shape index (κ1) is 81.5. The number of aromatic amines is 3. The van der Waals surface area contributed by atoms with Crippen molar-refractivity contribution in [2.75, 3.05) is 44.7 Å². The lowest BCUT2D eigenvalue weighted by molar-refractivity contribution is -0.142. The average molecular weight is 1490 g/mol. The molecule has 2 saturated heterocycles. The first-order valence-electron chi connectivity index (χ1n) is 34.4. The number of carbonyl (C=O) groups excluding carboxylic acids is 14. The number of amides is 15. The molecule has 572 valence electrons. The number of rotatable bonds is 38. The molecule has 0 unspecified atom stereocenters. The highest BCUT2D eigenvalue weighted by atomic mass is 32.2. The topological polar surface area (TPSA) is 575 Å². The Morgan fingerprint density at radius 3 is 1.70 bits per heavy atom. The molecule has 2 fully saturated rings. The fraction of sp³-hybridized carbons (Fsp3) is 0.478. The number of fused-ring (bicyclic) bond motifs is 2. The molecule has 39 heteroatoms. The highest BCUT2D eigenvalue weighted by Gasteiger charge is 2.42. The summed E-state index contributed by atoms with van der Waals surface area (Å²) >= 11 is 1.35. The van der Waals surface area contributed by atoms with Gasteiger partial charge in [-0.3, -0.25) is 78.0 Å². The Balaban J connectivity index is 0.975. The number of nitrogens with zero attached hydrogens (tertiary/aromatic N) is 3. The van der Waals surface area contributed by atoms with Gasteiger partial charge in [0.25, 0.3) is 5.91 Å². The number of urea groups is 1. The number of aromatic nitrogens is 4. The molecule has 15 amide bonds. The molecule has 0 radical (unpaired) electrons. The van der Waals surface area contributed by atoms with E-state index < -0.39 is 175 Å². The van der Waals surface area contributed by atoms with Gasteiger partial charge in [0.15, 0.2) is 5.96 Å². The van der Waals surface area contributed by atoms with Crippen LogP contribution in [-0.2, 0) is 86.4 Å². The highest BCUT2D eigenvalue weighted by molar-refractivity contribution is 7.98. The van der Waals surface area contributed by atoms with Crippen molar-refractivity contribution >= 4 is 128 Å². The van der Waals surface area contributed by atoms with Crippen LogP contribution in [0.3, 0.4) is 0 Å². The quantitative estimate of drug-likeness (QED) is 0.00778. The second kappa shape index (κ2) is 39.7. The van der Waals surface area contributed by atoms with Crippen molar-refractivity contribution in [3.8, 4) is 0 Å². The minimum Gasteiger partial charge on any atom is -0.481 e. The minimum absolute atomic E-state index is 0.0292. The van der Waals surface area contributed by atoms with Crippen LogP contribution < -0.4 is 80.8 Å². The summed E-state index contributed by atoms with van der Waals surface area (Å²) in [6.07, 6.45) is 7.63. The Morgan fingerprint density at radius 1 is 0.585 bits per heavy atom. The van der Waals surface area contributed by atoms with Crippen LogP contribution in [0, 0.1) is 5.41 Å². The molecule has 38 nitrogen and oxygen atoms in total. The van der Waals surface area contributed by atoms with E-state index in [0.29, 0.717) is 46.3 Å². The van der Waals surface area contributed by atoms with Crippen molar-refractivity contribution in [2.24, 2.45) is 11.5 Å². The summed E-state index contributed by atoms with van der Waals surface area (Å²) in [6.45, 7) is 3.14. The molecular weight excluding hydrogens is 1400 g/mol. The molecule has 5 heterocycles. The minimum atomic E-state index is -1.60. The molecule has 0 bridgehead atoms. The van der Waals surface area contributed by atoms with Crippen molar-refractivity contribution < 1.29 is 77.0 Å². The van der Waals surface area contributed by atoms with Crippen LogP contribution in [0.2, 0.25) is 0 Å². The number of benzene rings is 2. The third-order valence-corrected chi connectivity index (χ3v) is 18.3. The van der Waals surface area contributed by atoms with Crippen LogP contribution in [0.4, 0.5) is 4.79 Å². The highest BCUT2D eigenvalue weighted by Crippen LogP contribution is 2.25. The Morgan fingerprint density at radius 2 is 1.13 bits per heavy atom. The SMILES string of the molecule is CSCC[C@H](NC(=O)[C@@H]1CCCN1C(=O)[C@H](Cc1c[nH]cn1)NC(=O)[C@H](Cc1c[nH]c2ccccc12)NC(=O)CNC(=O)CNC(C)=O)C(=O)NNC(=O)N[C@@H](C)C(=O)N1CCC[C@H]1C(=O)N[C@@H](Cc1c[nH]c2ccccc12)C(=O)N[C@@H](CCC(=O)O)C(=O)N[C@H](C)C(=O)N[C@H](CCCNC(=N)N)C(N)=O. The number of hydrogen-bond donors (Lipinski definition) is 20. The monoisotopic (exact) mass is 1490 g/mol. The zero-order valence-electron chi connectivity index (χ0n) is 58.9. The lowest BCUT2D eigenvalue weighted by atomic mass is 10.0. The molecule has 10 atom stereocenters. The zero-order valence-corrected chi connectivity index (χ0v) is 59.7. The normalized spacial score (nSPS) is 16.2. The van der Waals surface area contributed by atoms with E-state index in [9.17, 15) is 77.0 Å². The van der Waals surface area contributed by atoms with Gasteiger partial charge in [0.1, 0.15) is 60.4 Å². The van der Waals surface area contributed by atoms with Crippen LogP contribution in [0.1, 0.15) is 95.4 Å². The molecule has 0 saturated carbocycles. The third kappa shape index (κ3) is 24.1. The number of imidazole rings is 1. The number of carboxylic acid groups (broad SMARTS) is 1. The number of nitrogens with two attached hydrogens (primary N) is 2. The Kier molecular flexibility index (Phi) is 30.6. The van der Waals surface area contributed by atoms with Gasteiger partial charge in [-0.1, -0.05) is 36.4 Å². The van der Waals surface area contributed by atoms with E-state index in [2.05, 4.69) is 89.3 Å². The molecule has 0 aliphatic carbocycles.